The Hall–Kier alpha value is -2.17. The van der Waals surface area contributed by atoms with E-state index in [1.54, 1.807) is 18.2 Å². The lowest BCUT2D eigenvalue weighted by Gasteiger charge is -2.10. The molecule has 0 unspecified atom stereocenters. The van der Waals surface area contributed by atoms with E-state index in [2.05, 4.69) is 4.74 Å². The molecule has 5 heteroatoms. The number of benzene rings is 2. The molecule has 0 saturated carbocycles. The molecular weight excluding hydrogens is 243 g/mol. The molecule has 0 aliphatic carbocycles. The largest absolute Gasteiger partial charge is 0.573 e. The molecule has 0 atom stereocenters. The highest BCUT2D eigenvalue weighted by atomic mass is 19.4. The normalized spacial score (nSPS) is 11.3. The van der Waals surface area contributed by atoms with Gasteiger partial charge in [-0.05, 0) is 23.8 Å². The van der Waals surface area contributed by atoms with Crippen molar-refractivity contribution in [3.63, 3.8) is 0 Å². The van der Waals surface area contributed by atoms with Gasteiger partial charge < -0.3 is 10.5 Å². The molecule has 0 bridgehead atoms. The zero-order valence-corrected chi connectivity index (χ0v) is 9.24. The molecule has 2 nitrogen and oxygen atoms in total. The van der Waals surface area contributed by atoms with Crippen molar-refractivity contribution in [2.45, 2.75) is 6.36 Å². The van der Waals surface area contributed by atoms with Crippen molar-refractivity contribution in [2.24, 2.45) is 0 Å². The van der Waals surface area contributed by atoms with E-state index in [0.717, 1.165) is 11.1 Å². The summed E-state index contributed by atoms with van der Waals surface area (Å²) in [5.41, 5.74) is 7.87. The van der Waals surface area contributed by atoms with Gasteiger partial charge in [-0.2, -0.15) is 0 Å². The third-order valence-electron chi connectivity index (χ3n) is 2.36. The molecule has 2 rings (SSSR count). The summed E-state index contributed by atoms with van der Waals surface area (Å²) in [7, 11) is 0. The van der Waals surface area contributed by atoms with Crippen LogP contribution in [0.5, 0.6) is 5.75 Å². The highest BCUT2D eigenvalue weighted by Gasteiger charge is 2.30. The van der Waals surface area contributed by atoms with Crippen LogP contribution in [0.3, 0.4) is 0 Å². The first-order valence-electron chi connectivity index (χ1n) is 5.16. The lowest BCUT2D eigenvalue weighted by molar-refractivity contribution is -0.274. The number of alkyl halides is 3. The van der Waals surface area contributed by atoms with Gasteiger partial charge in [-0.15, -0.1) is 13.2 Å². The van der Waals surface area contributed by atoms with Crippen molar-refractivity contribution in [1.82, 2.24) is 0 Å². The Labute approximate surface area is 102 Å². The lowest BCUT2D eigenvalue weighted by atomic mass is 10.0. The summed E-state index contributed by atoms with van der Waals surface area (Å²) in [5, 5.41) is 0. The van der Waals surface area contributed by atoms with Crippen LogP contribution in [-0.4, -0.2) is 6.36 Å². The second-order valence-electron chi connectivity index (χ2n) is 3.66. The molecule has 0 spiro atoms. The Morgan fingerprint density at radius 3 is 2.06 bits per heavy atom. The van der Waals surface area contributed by atoms with Gasteiger partial charge in [-0.25, -0.2) is 0 Å². The first-order valence-corrected chi connectivity index (χ1v) is 5.16. The summed E-state index contributed by atoms with van der Waals surface area (Å²) >= 11 is 0. The smallest absolute Gasteiger partial charge is 0.406 e. The predicted molar refractivity (Wildman–Crippen MR) is 63.0 cm³/mol. The first-order chi connectivity index (χ1) is 8.46. The van der Waals surface area contributed by atoms with Crippen molar-refractivity contribution < 1.29 is 17.9 Å². The molecule has 0 radical (unpaired) electrons. The monoisotopic (exact) mass is 253 g/mol. The maximum Gasteiger partial charge on any atom is 0.573 e. The number of hydrogen-bond donors (Lipinski definition) is 1. The topological polar surface area (TPSA) is 35.2 Å². The third-order valence-corrected chi connectivity index (χ3v) is 2.36. The zero-order valence-electron chi connectivity index (χ0n) is 9.24. The summed E-state index contributed by atoms with van der Waals surface area (Å²) in [6.07, 6.45) is -4.67. The van der Waals surface area contributed by atoms with Crippen LogP contribution < -0.4 is 10.5 Å². The molecule has 0 aromatic heterocycles. The second-order valence-corrected chi connectivity index (χ2v) is 3.66. The van der Waals surface area contributed by atoms with Crippen LogP contribution in [0.1, 0.15) is 0 Å². The van der Waals surface area contributed by atoms with E-state index < -0.39 is 6.36 Å². The van der Waals surface area contributed by atoms with Crippen molar-refractivity contribution in [3.05, 3.63) is 48.5 Å². The number of nitrogens with two attached hydrogens (primary N) is 1. The summed E-state index contributed by atoms with van der Waals surface area (Å²) in [5.74, 6) is -0.249. The van der Waals surface area contributed by atoms with Crippen LogP contribution in [0, 0.1) is 0 Å². The Balaban J connectivity index is 2.26. The minimum atomic E-state index is -4.67. The molecule has 0 aliphatic rings. The number of nitrogen functional groups attached to an aromatic ring is 1. The zero-order chi connectivity index (χ0) is 13.2. The van der Waals surface area contributed by atoms with Gasteiger partial charge in [0.15, 0.2) is 0 Å². The van der Waals surface area contributed by atoms with Crippen molar-refractivity contribution in [1.29, 1.82) is 0 Å². The lowest BCUT2D eigenvalue weighted by Crippen LogP contribution is -2.16. The van der Waals surface area contributed by atoms with Gasteiger partial charge >= 0.3 is 6.36 Å². The summed E-state index contributed by atoms with van der Waals surface area (Å²) < 4.78 is 39.8. The second kappa shape index (κ2) is 4.60. The van der Waals surface area contributed by atoms with E-state index in [-0.39, 0.29) is 5.75 Å². The van der Waals surface area contributed by atoms with Gasteiger partial charge in [0.2, 0.25) is 0 Å². The molecule has 0 fully saturated rings. The average Bonchev–Trinajstić information content (AvgIpc) is 2.29. The summed E-state index contributed by atoms with van der Waals surface area (Å²) in [6, 6.07) is 12.7. The molecule has 0 aliphatic heterocycles. The number of halogens is 3. The minimum Gasteiger partial charge on any atom is -0.406 e. The molecule has 2 aromatic rings. The van der Waals surface area contributed by atoms with Gasteiger partial charge in [-0.3, -0.25) is 0 Å². The number of rotatable bonds is 2. The fourth-order valence-electron chi connectivity index (χ4n) is 1.60. The Morgan fingerprint density at radius 1 is 0.889 bits per heavy atom. The number of hydrogen-bond acceptors (Lipinski definition) is 2. The predicted octanol–water partition coefficient (Wildman–Crippen LogP) is 3.83. The van der Waals surface area contributed by atoms with E-state index in [1.165, 1.54) is 24.3 Å². The number of ether oxygens (including phenoxy) is 1. The Bertz CT molecular complexity index is 535. The van der Waals surface area contributed by atoms with E-state index >= 15 is 0 Å². The summed E-state index contributed by atoms with van der Waals surface area (Å²) in [4.78, 5) is 0. The van der Waals surface area contributed by atoms with E-state index in [4.69, 9.17) is 5.73 Å². The number of anilines is 1. The average molecular weight is 253 g/mol. The molecule has 0 amide bonds. The van der Waals surface area contributed by atoms with Gasteiger partial charge in [-0.1, -0.05) is 30.3 Å². The Morgan fingerprint density at radius 2 is 1.50 bits per heavy atom. The number of para-hydroxylation sites is 1. The van der Waals surface area contributed by atoms with Gasteiger partial charge in [0, 0.05) is 11.3 Å². The van der Waals surface area contributed by atoms with Crippen LogP contribution in [0.25, 0.3) is 11.1 Å². The SMILES string of the molecule is Nc1ccccc1-c1ccc(OC(F)(F)F)cc1. The molecule has 0 saturated heterocycles. The van der Waals surface area contributed by atoms with Crippen LogP contribution in [-0.2, 0) is 0 Å². The fourth-order valence-corrected chi connectivity index (χ4v) is 1.60. The van der Waals surface area contributed by atoms with Crippen molar-refractivity contribution in [3.8, 4) is 16.9 Å². The quantitative estimate of drug-likeness (QED) is 0.825. The van der Waals surface area contributed by atoms with Gasteiger partial charge in [0.1, 0.15) is 5.75 Å². The molecule has 18 heavy (non-hydrogen) atoms. The van der Waals surface area contributed by atoms with Crippen molar-refractivity contribution in [2.75, 3.05) is 5.73 Å². The molecule has 2 N–H and O–H groups in total. The standard InChI is InChI=1S/C13H10F3NO/c14-13(15,16)18-10-7-5-9(6-8-10)11-3-1-2-4-12(11)17/h1-8H,17H2. The molecule has 2 aromatic carbocycles. The van der Waals surface area contributed by atoms with Crippen LogP contribution in [0.4, 0.5) is 18.9 Å². The highest BCUT2D eigenvalue weighted by molar-refractivity contribution is 5.76. The van der Waals surface area contributed by atoms with Crippen LogP contribution >= 0.6 is 0 Å². The van der Waals surface area contributed by atoms with Crippen molar-refractivity contribution >= 4 is 5.69 Å². The van der Waals surface area contributed by atoms with Gasteiger partial charge in [0.05, 0.1) is 0 Å². The summed E-state index contributed by atoms with van der Waals surface area (Å²) in [6.45, 7) is 0. The van der Waals surface area contributed by atoms with Gasteiger partial charge in [0.25, 0.3) is 0 Å². The maximum atomic E-state index is 12.0. The first kappa shape index (κ1) is 12.3. The molecular formula is C13H10F3NO. The minimum absolute atomic E-state index is 0.249. The molecule has 94 valence electrons. The van der Waals surface area contributed by atoms with E-state index in [9.17, 15) is 13.2 Å². The van der Waals surface area contributed by atoms with E-state index in [1.807, 2.05) is 6.07 Å². The Kier molecular flexibility index (Phi) is 3.14. The third kappa shape index (κ3) is 2.94. The maximum absolute atomic E-state index is 12.0. The van der Waals surface area contributed by atoms with Crippen LogP contribution in [0.15, 0.2) is 48.5 Å². The van der Waals surface area contributed by atoms with Crippen LogP contribution in [0.2, 0.25) is 0 Å². The molecule has 0 heterocycles. The van der Waals surface area contributed by atoms with E-state index in [0.29, 0.717) is 5.69 Å². The highest BCUT2D eigenvalue weighted by Crippen LogP contribution is 2.29. The fraction of sp³-hybridized carbons (Fsp3) is 0.0769.